The molecule has 0 bridgehead atoms. The molecule has 1 saturated heterocycles. The lowest BCUT2D eigenvalue weighted by Crippen LogP contribution is -2.44. The van der Waals surface area contributed by atoms with E-state index in [4.69, 9.17) is 9.40 Å². The SMILES string of the molecule is c1ccc(-c2ncc3c(n2)C2(CCCN(Cc4ccoc4)C2)CC3)cc1. The molecule has 1 spiro atoms. The number of likely N-dealkylation sites (tertiary alicyclic amines) is 1. The third-order valence-electron chi connectivity index (χ3n) is 5.91. The second-order valence-corrected chi connectivity index (χ2v) is 7.66. The first-order chi connectivity index (χ1) is 12.8. The molecule has 0 N–H and O–H groups in total. The Morgan fingerprint density at radius 3 is 2.88 bits per heavy atom. The summed E-state index contributed by atoms with van der Waals surface area (Å²) in [6, 6.07) is 12.4. The first-order valence-electron chi connectivity index (χ1n) is 9.48. The van der Waals surface area contributed by atoms with E-state index in [9.17, 15) is 0 Å². The van der Waals surface area contributed by atoms with Crippen molar-refractivity contribution in [1.82, 2.24) is 14.9 Å². The van der Waals surface area contributed by atoms with Gasteiger partial charge in [0.2, 0.25) is 0 Å². The normalized spacial score (nSPS) is 22.6. The Labute approximate surface area is 153 Å². The Kier molecular flexibility index (Phi) is 3.86. The molecule has 132 valence electrons. The highest BCUT2D eigenvalue weighted by atomic mass is 16.3. The van der Waals surface area contributed by atoms with E-state index in [-0.39, 0.29) is 5.41 Å². The van der Waals surface area contributed by atoms with Gasteiger partial charge >= 0.3 is 0 Å². The Morgan fingerprint density at radius 1 is 1.12 bits per heavy atom. The zero-order valence-corrected chi connectivity index (χ0v) is 14.9. The number of aryl methyl sites for hydroxylation is 1. The van der Waals surface area contributed by atoms with Gasteiger partial charge in [0, 0.05) is 35.8 Å². The summed E-state index contributed by atoms with van der Waals surface area (Å²) >= 11 is 0. The maximum Gasteiger partial charge on any atom is 0.159 e. The Morgan fingerprint density at radius 2 is 2.04 bits per heavy atom. The van der Waals surface area contributed by atoms with Crippen LogP contribution in [0.1, 0.15) is 36.1 Å². The Bertz CT molecular complexity index is 887. The number of fused-ring (bicyclic) bond motifs is 2. The molecule has 4 nitrogen and oxygen atoms in total. The first kappa shape index (κ1) is 15.8. The molecule has 2 aliphatic rings. The van der Waals surface area contributed by atoms with Gasteiger partial charge in [0.15, 0.2) is 5.82 Å². The van der Waals surface area contributed by atoms with E-state index in [1.54, 1.807) is 6.26 Å². The van der Waals surface area contributed by atoms with Crippen LogP contribution in [0.25, 0.3) is 11.4 Å². The quantitative estimate of drug-likeness (QED) is 0.713. The molecular formula is C22H23N3O. The fourth-order valence-corrected chi connectivity index (χ4v) is 4.67. The van der Waals surface area contributed by atoms with Gasteiger partial charge in [-0.25, -0.2) is 9.97 Å². The average molecular weight is 345 g/mol. The van der Waals surface area contributed by atoms with Crippen molar-refractivity contribution in [3.05, 3.63) is 71.9 Å². The van der Waals surface area contributed by atoms with Gasteiger partial charge < -0.3 is 4.42 Å². The summed E-state index contributed by atoms with van der Waals surface area (Å²) in [6.07, 6.45) is 10.4. The van der Waals surface area contributed by atoms with Gasteiger partial charge in [-0.15, -0.1) is 0 Å². The van der Waals surface area contributed by atoms with E-state index in [0.717, 1.165) is 37.4 Å². The molecular weight excluding hydrogens is 322 g/mol. The zero-order chi connectivity index (χ0) is 17.4. The van der Waals surface area contributed by atoms with Crippen molar-refractivity contribution in [3.63, 3.8) is 0 Å². The third kappa shape index (κ3) is 2.74. The van der Waals surface area contributed by atoms with E-state index >= 15 is 0 Å². The van der Waals surface area contributed by atoms with Crippen molar-refractivity contribution in [2.45, 2.75) is 37.6 Å². The summed E-state index contributed by atoms with van der Waals surface area (Å²) in [5.74, 6) is 0.859. The molecule has 5 rings (SSSR count). The number of aromatic nitrogens is 2. The molecule has 26 heavy (non-hydrogen) atoms. The van der Waals surface area contributed by atoms with Crippen LogP contribution in [0.5, 0.6) is 0 Å². The van der Waals surface area contributed by atoms with Crippen LogP contribution in [-0.2, 0) is 18.4 Å². The van der Waals surface area contributed by atoms with Gasteiger partial charge in [-0.05, 0) is 43.9 Å². The number of rotatable bonds is 3. The van der Waals surface area contributed by atoms with Crippen molar-refractivity contribution >= 4 is 0 Å². The molecule has 1 aliphatic heterocycles. The number of furan rings is 1. The minimum atomic E-state index is 0.184. The van der Waals surface area contributed by atoms with Crippen LogP contribution in [0.3, 0.4) is 0 Å². The summed E-state index contributed by atoms with van der Waals surface area (Å²) in [5, 5.41) is 0. The third-order valence-corrected chi connectivity index (χ3v) is 5.91. The molecule has 1 unspecified atom stereocenters. The molecule has 2 aromatic heterocycles. The van der Waals surface area contributed by atoms with Crippen LogP contribution in [0, 0.1) is 0 Å². The highest BCUT2D eigenvalue weighted by molar-refractivity contribution is 5.55. The maximum atomic E-state index is 5.25. The monoisotopic (exact) mass is 345 g/mol. The molecule has 0 radical (unpaired) electrons. The largest absolute Gasteiger partial charge is 0.472 e. The Hall–Kier alpha value is -2.46. The molecule has 1 aromatic carbocycles. The molecule has 3 aromatic rings. The van der Waals surface area contributed by atoms with E-state index in [1.165, 1.54) is 36.1 Å². The minimum Gasteiger partial charge on any atom is -0.472 e. The van der Waals surface area contributed by atoms with Gasteiger partial charge in [-0.1, -0.05) is 30.3 Å². The van der Waals surface area contributed by atoms with Gasteiger partial charge in [0.25, 0.3) is 0 Å². The number of hydrogen-bond donors (Lipinski definition) is 0. The molecule has 0 saturated carbocycles. The molecule has 1 fully saturated rings. The predicted octanol–water partition coefficient (Wildman–Crippen LogP) is 4.22. The van der Waals surface area contributed by atoms with Crippen molar-refractivity contribution in [2.24, 2.45) is 0 Å². The number of hydrogen-bond acceptors (Lipinski definition) is 4. The van der Waals surface area contributed by atoms with Crippen LogP contribution in [0.4, 0.5) is 0 Å². The van der Waals surface area contributed by atoms with Crippen molar-refractivity contribution in [1.29, 1.82) is 0 Å². The van der Waals surface area contributed by atoms with Crippen LogP contribution >= 0.6 is 0 Å². The summed E-state index contributed by atoms with van der Waals surface area (Å²) in [4.78, 5) is 12.3. The topological polar surface area (TPSA) is 42.2 Å². The summed E-state index contributed by atoms with van der Waals surface area (Å²) in [7, 11) is 0. The van der Waals surface area contributed by atoms with Crippen LogP contribution in [0.2, 0.25) is 0 Å². The van der Waals surface area contributed by atoms with E-state index < -0.39 is 0 Å². The highest BCUT2D eigenvalue weighted by Crippen LogP contribution is 2.44. The molecule has 0 amide bonds. The lowest BCUT2D eigenvalue weighted by Gasteiger charge is -2.40. The second-order valence-electron chi connectivity index (χ2n) is 7.66. The number of benzene rings is 1. The average Bonchev–Trinajstić information content (AvgIpc) is 3.31. The Balaban J connectivity index is 1.46. The van der Waals surface area contributed by atoms with E-state index in [2.05, 4.69) is 46.4 Å². The van der Waals surface area contributed by atoms with E-state index in [1.807, 2.05) is 12.3 Å². The van der Waals surface area contributed by atoms with Gasteiger partial charge in [0.05, 0.1) is 18.2 Å². The van der Waals surface area contributed by atoms with Crippen LogP contribution in [-0.4, -0.2) is 28.0 Å². The van der Waals surface area contributed by atoms with Gasteiger partial charge in [-0.2, -0.15) is 0 Å². The fraction of sp³-hybridized carbons (Fsp3) is 0.364. The maximum absolute atomic E-state index is 5.25. The van der Waals surface area contributed by atoms with Gasteiger partial charge in [-0.3, -0.25) is 4.90 Å². The molecule has 1 atom stereocenters. The molecule has 3 heterocycles. The van der Waals surface area contributed by atoms with Crippen molar-refractivity contribution in [3.8, 4) is 11.4 Å². The van der Waals surface area contributed by atoms with Crippen LogP contribution in [0.15, 0.2) is 59.5 Å². The number of nitrogens with zero attached hydrogens (tertiary/aromatic N) is 3. The van der Waals surface area contributed by atoms with Gasteiger partial charge in [0.1, 0.15) is 0 Å². The first-order valence-corrected chi connectivity index (χ1v) is 9.48. The van der Waals surface area contributed by atoms with Crippen LogP contribution < -0.4 is 0 Å². The smallest absolute Gasteiger partial charge is 0.159 e. The lowest BCUT2D eigenvalue weighted by molar-refractivity contribution is 0.136. The summed E-state index contributed by atoms with van der Waals surface area (Å²) in [5.41, 5.74) is 5.18. The zero-order valence-electron chi connectivity index (χ0n) is 14.9. The summed E-state index contributed by atoms with van der Waals surface area (Å²) < 4.78 is 5.25. The second kappa shape index (κ2) is 6.36. The predicted molar refractivity (Wildman–Crippen MR) is 101 cm³/mol. The van der Waals surface area contributed by atoms with E-state index in [0.29, 0.717) is 0 Å². The highest BCUT2D eigenvalue weighted by Gasteiger charge is 2.43. The number of piperidine rings is 1. The standard InChI is InChI=1S/C22H23N3O/c1-2-5-18(6-3-1)21-23-13-19-7-10-22(20(19)24-21)9-4-11-25(16-22)14-17-8-12-26-15-17/h1-3,5-6,8,12-13,15H,4,7,9-11,14,16H2. The van der Waals surface area contributed by atoms with Crippen molar-refractivity contribution in [2.75, 3.05) is 13.1 Å². The van der Waals surface area contributed by atoms with Crippen molar-refractivity contribution < 1.29 is 4.42 Å². The lowest BCUT2D eigenvalue weighted by atomic mass is 9.77. The minimum absolute atomic E-state index is 0.184. The molecule has 4 heteroatoms. The molecule has 1 aliphatic carbocycles. The fourth-order valence-electron chi connectivity index (χ4n) is 4.67. The summed E-state index contributed by atoms with van der Waals surface area (Å²) in [6.45, 7) is 3.19.